The molecule has 0 unspecified atom stereocenters. The molecule has 0 spiro atoms. The topological polar surface area (TPSA) is 26.8 Å². The van der Waals surface area contributed by atoms with Crippen LogP contribution >= 0.6 is 0 Å². The summed E-state index contributed by atoms with van der Waals surface area (Å²) in [6.07, 6.45) is 0. The van der Waals surface area contributed by atoms with Crippen molar-refractivity contribution >= 4 is 5.91 Å². The number of likely N-dealkylation sites (tertiary alicyclic amines) is 2. The average molecular weight is 364 g/mol. The summed E-state index contributed by atoms with van der Waals surface area (Å²) in [5.74, 6) is 0.717. The molecule has 27 heavy (non-hydrogen) atoms. The molecule has 2 heterocycles. The Kier molecular flexibility index (Phi) is 5.02. The predicted octanol–water partition coefficient (Wildman–Crippen LogP) is 2.82. The molecule has 0 N–H and O–H groups in total. The molecule has 0 aromatic heterocycles. The van der Waals surface area contributed by atoms with E-state index >= 15 is 0 Å². The first-order chi connectivity index (χ1) is 13.1. The highest BCUT2D eigenvalue weighted by molar-refractivity contribution is 5.94. The Morgan fingerprint density at radius 1 is 1.00 bits per heavy atom. The first-order valence-electron chi connectivity index (χ1n) is 9.81. The predicted molar refractivity (Wildman–Crippen MR) is 109 cm³/mol. The van der Waals surface area contributed by atoms with Gasteiger partial charge >= 0.3 is 0 Å². The van der Waals surface area contributed by atoms with E-state index in [4.69, 9.17) is 0 Å². The third-order valence-electron chi connectivity index (χ3n) is 6.02. The molecular weight excluding hydrogens is 334 g/mol. The van der Waals surface area contributed by atoms with Crippen LogP contribution in [0.3, 0.4) is 0 Å². The second-order valence-electron chi connectivity index (χ2n) is 8.50. The van der Waals surface area contributed by atoms with Gasteiger partial charge in [-0.15, -0.1) is 0 Å². The highest BCUT2D eigenvalue weighted by atomic mass is 16.2. The number of fused-ring (bicyclic) bond motifs is 1. The Balaban J connectivity index is 1.50. The fourth-order valence-corrected chi connectivity index (χ4v) is 5.02. The van der Waals surface area contributed by atoms with Gasteiger partial charge in [-0.05, 0) is 37.7 Å². The first kappa shape index (κ1) is 18.2. The number of amides is 1. The van der Waals surface area contributed by atoms with Crippen LogP contribution < -0.4 is 0 Å². The average Bonchev–Trinajstić information content (AvgIpc) is 3.15. The van der Waals surface area contributed by atoms with E-state index in [0.29, 0.717) is 5.92 Å². The van der Waals surface area contributed by atoms with Gasteiger partial charge in [0.25, 0.3) is 5.91 Å². The van der Waals surface area contributed by atoms with E-state index < -0.39 is 0 Å². The van der Waals surface area contributed by atoms with E-state index in [1.807, 2.05) is 30.3 Å². The zero-order valence-electron chi connectivity index (χ0n) is 16.3. The Morgan fingerprint density at radius 2 is 1.67 bits per heavy atom. The molecule has 2 aromatic carbocycles. The molecule has 2 aromatic rings. The number of carbonyl (C=O) groups excluding carboxylic acids is 1. The van der Waals surface area contributed by atoms with Crippen LogP contribution in [0.1, 0.15) is 15.9 Å². The van der Waals surface area contributed by atoms with E-state index in [2.05, 4.69) is 59.1 Å². The summed E-state index contributed by atoms with van der Waals surface area (Å²) in [7, 11) is 4.29. The van der Waals surface area contributed by atoms with Crippen LogP contribution in [0.25, 0.3) is 0 Å². The maximum absolute atomic E-state index is 13.0. The van der Waals surface area contributed by atoms with Crippen LogP contribution in [0.4, 0.5) is 0 Å². The molecule has 2 aliphatic rings. The number of hydrogen-bond acceptors (Lipinski definition) is 3. The van der Waals surface area contributed by atoms with E-state index in [1.54, 1.807) is 0 Å². The fraction of sp³-hybridized carbons (Fsp3) is 0.435. The number of rotatable bonds is 5. The molecule has 4 heteroatoms. The van der Waals surface area contributed by atoms with Gasteiger partial charge in [0.2, 0.25) is 0 Å². The largest absolute Gasteiger partial charge is 0.338 e. The summed E-state index contributed by atoms with van der Waals surface area (Å²) in [5.41, 5.74) is 2.34. The van der Waals surface area contributed by atoms with Crippen molar-refractivity contribution in [2.24, 2.45) is 11.3 Å². The number of hydrogen-bond donors (Lipinski definition) is 0. The molecule has 2 saturated heterocycles. The highest BCUT2D eigenvalue weighted by Crippen LogP contribution is 2.43. The number of carbonyl (C=O) groups is 1. The Morgan fingerprint density at radius 3 is 2.33 bits per heavy atom. The van der Waals surface area contributed by atoms with Crippen LogP contribution in [0.5, 0.6) is 0 Å². The van der Waals surface area contributed by atoms with Crippen LogP contribution in [-0.4, -0.2) is 67.4 Å². The molecule has 2 aliphatic heterocycles. The van der Waals surface area contributed by atoms with Gasteiger partial charge in [0.1, 0.15) is 0 Å². The quantitative estimate of drug-likeness (QED) is 0.817. The molecule has 4 nitrogen and oxygen atoms in total. The molecule has 0 bridgehead atoms. The molecule has 142 valence electrons. The van der Waals surface area contributed by atoms with Gasteiger partial charge in [-0.2, -0.15) is 0 Å². The van der Waals surface area contributed by atoms with Crippen molar-refractivity contribution in [3.05, 3.63) is 71.8 Å². The first-order valence-corrected chi connectivity index (χ1v) is 9.81. The van der Waals surface area contributed by atoms with Gasteiger partial charge in [0.15, 0.2) is 0 Å². The zero-order chi connectivity index (χ0) is 18.9. The third kappa shape index (κ3) is 3.78. The molecular formula is C23H29N3O. The van der Waals surface area contributed by atoms with Gasteiger partial charge in [-0.1, -0.05) is 48.5 Å². The summed E-state index contributed by atoms with van der Waals surface area (Å²) in [4.78, 5) is 19.9. The SMILES string of the molecule is CN(C)C[C@@]12CN(Cc3ccccc3)C[C@@H]1CN(C(=O)c1ccccc1)C2. The van der Waals surface area contributed by atoms with Crippen molar-refractivity contribution in [2.45, 2.75) is 6.54 Å². The van der Waals surface area contributed by atoms with E-state index in [0.717, 1.165) is 44.8 Å². The fourth-order valence-electron chi connectivity index (χ4n) is 5.02. The monoisotopic (exact) mass is 363 g/mol. The lowest BCUT2D eigenvalue weighted by Gasteiger charge is -2.32. The highest BCUT2D eigenvalue weighted by Gasteiger charge is 2.53. The maximum Gasteiger partial charge on any atom is 0.253 e. The van der Waals surface area contributed by atoms with E-state index in [1.165, 1.54) is 5.56 Å². The second-order valence-corrected chi connectivity index (χ2v) is 8.50. The van der Waals surface area contributed by atoms with E-state index in [-0.39, 0.29) is 11.3 Å². The summed E-state index contributed by atoms with van der Waals surface area (Å²) in [5, 5.41) is 0. The third-order valence-corrected chi connectivity index (χ3v) is 6.02. The van der Waals surface area contributed by atoms with Gasteiger partial charge in [0.05, 0.1) is 0 Å². The molecule has 0 radical (unpaired) electrons. The van der Waals surface area contributed by atoms with Crippen molar-refractivity contribution in [2.75, 3.05) is 46.8 Å². The van der Waals surface area contributed by atoms with Crippen LogP contribution in [0.2, 0.25) is 0 Å². The summed E-state index contributed by atoms with van der Waals surface area (Å²) in [6, 6.07) is 20.4. The Bertz CT molecular complexity index is 777. The van der Waals surface area contributed by atoms with Gasteiger partial charge in [-0.3, -0.25) is 9.69 Å². The van der Waals surface area contributed by atoms with Gasteiger partial charge < -0.3 is 9.80 Å². The smallest absolute Gasteiger partial charge is 0.253 e. The molecule has 2 atom stereocenters. The van der Waals surface area contributed by atoms with Gasteiger partial charge in [0, 0.05) is 50.2 Å². The molecule has 0 saturated carbocycles. The lowest BCUT2D eigenvalue weighted by Crippen LogP contribution is -2.42. The number of nitrogens with zero attached hydrogens (tertiary/aromatic N) is 3. The maximum atomic E-state index is 13.0. The normalized spacial score (nSPS) is 25.1. The van der Waals surface area contributed by atoms with Crippen molar-refractivity contribution in [3.8, 4) is 0 Å². The molecule has 2 fully saturated rings. The van der Waals surface area contributed by atoms with Gasteiger partial charge in [-0.25, -0.2) is 0 Å². The Labute approximate surface area is 162 Å². The summed E-state index contributed by atoms with van der Waals surface area (Å²) in [6.45, 7) is 5.88. The van der Waals surface area contributed by atoms with Crippen LogP contribution in [0, 0.1) is 11.3 Å². The van der Waals surface area contributed by atoms with Crippen molar-refractivity contribution in [1.29, 1.82) is 0 Å². The second kappa shape index (κ2) is 7.45. The minimum absolute atomic E-state index is 0.169. The molecule has 4 rings (SSSR count). The molecule has 1 amide bonds. The van der Waals surface area contributed by atoms with Crippen LogP contribution in [-0.2, 0) is 6.54 Å². The van der Waals surface area contributed by atoms with Crippen molar-refractivity contribution in [1.82, 2.24) is 14.7 Å². The zero-order valence-corrected chi connectivity index (χ0v) is 16.3. The summed E-state index contributed by atoms with van der Waals surface area (Å²) < 4.78 is 0. The standard InChI is InChI=1S/C23H29N3O/c1-24(2)16-23-17-25(13-19-9-5-3-6-10-19)14-21(23)15-26(18-23)22(27)20-11-7-4-8-12-20/h3-12,21H,13-18H2,1-2H3/t21-,23+/m1/s1. The van der Waals surface area contributed by atoms with Crippen molar-refractivity contribution < 1.29 is 4.79 Å². The van der Waals surface area contributed by atoms with E-state index in [9.17, 15) is 4.79 Å². The van der Waals surface area contributed by atoms with Crippen LogP contribution in [0.15, 0.2) is 60.7 Å². The minimum atomic E-state index is 0.169. The lowest BCUT2D eigenvalue weighted by atomic mass is 9.80. The number of benzene rings is 2. The Hall–Kier alpha value is -2.17. The van der Waals surface area contributed by atoms with Crippen molar-refractivity contribution in [3.63, 3.8) is 0 Å². The lowest BCUT2D eigenvalue weighted by molar-refractivity contribution is 0.0748. The minimum Gasteiger partial charge on any atom is -0.338 e. The summed E-state index contributed by atoms with van der Waals surface area (Å²) >= 11 is 0. The molecule has 0 aliphatic carbocycles.